The highest BCUT2D eigenvalue weighted by Crippen LogP contribution is 2.33. The summed E-state index contributed by atoms with van der Waals surface area (Å²) < 4.78 is 42.7. The van der Waals surface area contributed by atoms with Gasteiger partial charge in [0.05, 0.1) is 23.5 Å². The molecule has 0 saturated carbocycles. The number of para-hydroxylation sites is 1. The average molecular weight is 428 g/mol. The van der Waals surface area contributed by atoms with Crippen molar-refractivity contribution in [2.24, 2.45) is 0 Å². The number of alkyl halides is 3. The van der Waals surface area contributed by atoms with Crippen LogP contribution in [0.5, 0.6) is 0 Å². The molecule has 1 aliphatic heterocycles. The monoisotopic (exact) mass is 428 g/mol. The first-order valence-corrected chi connectivity index (χ1v) is 10.00. The van der Waals surface area contributed by atoms with Crippen molar-refractivity contribution in [1.82, 2.24) is 29.0 Å². The fourth-order valence-corrected chi connectivity index (χ4v) is 4.26. The zero-order chi connectivity index (χ0) is 21.6. The van der Waals surface area contributed by atoms with E-state index in [1.807, 2.05) is 33.7 Å². The van der Waals surface area contributed by atoms with E-state index in [4.69, 9.17) is 0 Å². The minimum absolute atomic E-state index is 0.146. The van der Waals surface area contributed by atoms with Gasteiger partial charge in [-0.05, 0) is 43.7 Å². The number of aromatic nitrogens is 5. The van der Waals surface area contributed by atoms with E-state index in [0.717, 1.165) is 11.0 Å². The summed E-state index contributed by atoms with van der Waals surface area (Å²) in [5, 5.41) is 8.57. The third-order valence-corrected chi connectivity index (χ3v) is 5.62. The normalized spacial score (nSPS) is 17.7. The van der Waals surface area contributed by atoms with Gasteiger partial charge in [-0.2, -0.15) is 13.2 Å². The van der Waals surface area contributed by atoms with Crippen molar-refractivity contribution < 1.29 is 13.2 Å². The van der Waals surface area contributed by atoms with Gasteiger partial charge in [0.25, 0.3) is 5.56 Å². The molecule has 0 N–H and O–H groups in total. The summed E-state index contributed by atoms with van der Waals surface area (Å²) in [6.45, 7) is -0.303. The van der Waals surface area contributed by atoms with Gasteiger partial charge in [0.1, 0.15) is 12.4 Å². The summed E-state index contributed by atoms with van der Waals surface area (Å²) in [5.74, 6) is 0.834. The molecule has 0 bridgehead atoms. The molecule has 160 valence electrons. The predicted octanol–water partition coefficient (Wildman–Crippen LogP) is 3.34. The number of benzene rings is 1. The second-order valence-corrected chi connectivity index (χ2v) is 7.67. The van der Waals surface area contributed by atoms with Crippen LogP contribution >= 0.6 is 0 Å². The summed E-state index contributed by atoms with van der Waals surface area (Å²) in [7, 11) is 0. The van der Waals surface area contributed by atoms with Crippen LogP contribution < -0.4 is 5.56 Å². The summed E-state index contributed by atoms with van der Waals surface area (Å²) in [4.78, 5) is 19.5. The molecule has 0 aliphatic carbocycles. The molecule has 1 aromatic carbocycles. The van der Waals surface area contributed by atoms with Gasteiger partial charge >= 0.3 is 6.18 Å². The van der Waals surface area contributed by atoms with Crippen molar-refractivity contribution in [3.63, 3.8) is 0 Å². The Hall–Kier alpha value is -3.27. The highest BCUT2D eigenvalue weighted by atomic mass is 19.4. The van der Waals surface area contributed by atoms with E-state index < -0.39 is 24.3 Å². The van der Waals surface area contributed by atoms with Crippen LogP contribution in [0.2, 0.25) is 0 Å². The Kier molecular flexibility index (Phi) is 4.73. The van der Waals surface area contributed by atoms with Gasteiger partial charge < -0.3 is 0 Å². The molecule has 1 aliphatic rings. The minimum atomic E-state index is -4.53. The molecule has 10 heteroatoms. The Morgan fingerprint density at radius 2 is 1.87 bits per heavy atom. The van der Waals surface area contributed by atoms with Crippen LogP contribution in [0.25, 0.3) is 16.6 Å². The van der Waals surface area contributed by atoms with Crippen LogP contribution in [0, 0.1) is 0 Å². The molecule has 1 fully saturated rings. The SMILES string of the molecule is O=c1c2ccccc2nc(C2CCCN2Cc2nnc3ccccn23)n1CC(F)(F)F. The van der Waals surface area contributed by atoms with E-state index in [0.29, 0.717) is 36.5 Å². The van der Waals surface area contributed by atoms with Gasteiger partial charge in [-0.25, -0.2) is 4.98 Å². The lowest BCUT2D eigenvalue weighted by Gasteiger charge is -2.26. The van der Waals surface area contributed by atoms with Crippen molar-refractivity contribution in [2.45, 2.75) is 38.1 Å². The molecule has 4 heterocycles. The minimum Gasteiger partial charge on any atom is -0.286 e. The molecule has 0 spiro atoms. The first-order chi connectivity index (χ1) is 14.9. The zero-order valence-corrected chi connectivity index (χ0v) is 16.5. The van der Waals surface area contributed by atoms with E-state index in [9.17, 15) is 18.0 Å². The van der Waals surface area contributed by atoms with Crippen LogP contribution in [0.1, 0.15) is 30.5 Å². The molecule has 7 nitrogen and oxygen atoms in total. The number of halogens is 3. The van der Waals surface area contributed by atoms with Crippen LogP contribution in [0.15, 0.2) is 53.5 Å². The van der Waals surface area contributed by atoms with Gasteiger partial charge in [-0.3, -0.25) is 18.7 Å². The highest BCUT2D eigenvalue weighted by molar-refractivity contribution is 5.77. The quantitative estimate of drug-likeness (QED) is 0.499. The maximum atomic E-state index is 13.3. The molecule has 1 atom stereocenters. The maximum Gasteiger partial charge on any atom is 0.406 e. The summed E-state index contributed by atoms with van der Waals surface area (Å²) >= 11 is 0. The Morgan fingerprint density at radius 3 is 2.71 bits per heavy atom. The molecular formula is C21H19F3N6O. The predicted molar refractivity (Wildman–Crippen MR) is 107 cm³/mol. The van der Waals surface area contributed by atoms with Crippen molar-refractivity contribution >= 4 is 16.6 Å². The van der Waals surface area contributed by atoms with E-state index in [1.165, 1.54) is 6.07 Å². The fourth-order valence-electron chi connectivity index (χ4n) is 4.26. The summed E-state index contributed by atoms with van der Waals surface area (Å²) in [6.07, 6.45) is -1.28. The summed E-state index contributed by atoms with van der Waals surface area (Å²) in [6, 6.07) is 11.7. The van der Waals surface area contributed by atoms with Crippen LogP contribution in [-0.2, 0) is 13.1 Å². The van der Waals surface area contributed by atoms with Crippen LogP contribution in [0.4, 0.5) is 13.2 Å². The molecule has 5 rings (SSSR count). The number of pyridine rings is 1. The maximum absolute atomic E-state index is 13.3. The number of nitrogens with zero attached hydrogens (tertiary/aromatic N) is 6. The topological polar surface area (TPSA) is 68.3 Å². The molecule has 1 saturated heterocycles. The molecular weight excluding hydrogens is 409 g/mol. The second-order valence-electron chi connectivity index (χ2n) is 7.67. The van der Waals surface area contributed by atoms with E-state index in [-0.39, 0.29) is 11.2 Å². The van der Waals surface area contributed by atoms with Crippen LogP contribution in [0.3, 0.4) is 0 Å². The third-order valence-electron chi connectivity index (χ3n) is 5.62. The number of hydrogen-bond acceptors (Lipinski definition) is 5. The van der Waals surface area contributed by atoms with Crippen molar-refractivity contribution in [1.29, 1.82) is 0 Å². The number of rotatable bonds is 4. The lowest BCUT2D eigenvalue weighted by Crippen LogP contribution is -2.35. The van der Waals surface area contributed by atoms with Crippen molar-refractivity contribution in [2.75, 3.05) is 6.54 Å². The molecule has 1 unspecified atom stereocenters. The fraction of sp³-hybridized carbons (Fsp3) is 0.333. The standard InChI is InChI=1S/C21H19F3N6O/c22-21(23,24)13-30-19(25-15-7-2-1-6-14(15)20(30)31)16-8-5-10-28(16)12-18-27-26-17-9-3-4-11-29(17)18/h1-4,6-7,9,11,16H,5,8,10,12-13H2. The number of fused-ring (bicyclic) bond motifs is 2. The van der Waals surface area contributed by atoms with Gasteiger partial charge in [0, 0.05) is 6.20 Å². The first-order valence-electron chi connectivity index (χ1n) is 10.00. The Balaban J connectivity index is 1.58. The third kappa shape index (κ3) is 3.67. The lowest BCUT2D eigenvalue weighted by molar-refractivity contribution is -0.142. The second kappa shape index (κ2) is 7.45. The zero-order valence-electron chi connectivity index (χ0n) is 16.5. The van der Waals surface area contributed by atoms with Crippen molar-refractivity contribution in [3.8, 4) is 0 Å². The molecule has 0 amide bonds. The van der Waals surface area contributed by atoms with E-state index in [2.05, 4.69) is 15.2 Å². The van der Waals surface area contributed by atoms with E-state index in [1.54, 1.807) is 18.2 Å². The Morgan fingerprint density at radius 1 is 1.06 bits per heavy atom. The van der Waals surface area contributed by atoms with Gasteiger partial charge in [-0.15, -0.1) is 10.2 Å². The Bertz CT molecular complexity index is 1310. The van der Waals surface area contributed by atoms with Crippen molar-refractivity contribution in [3.05, 3.63) is 70.7 Å². The van der Waals surface area contributed by atoms with Gasteiger partial charge in [0.2, 0.25) is 0 Å². The number of likely N-dealkylation sites (tertiary alicyclic amines) is 1. The molecule has 0 radical (unpaired) electrons. The first kappa shape index (κ1) is 19.7. The molecule has 31 heavy (non-hydrogen) atoms. The molecule has 4 aromatic rings. The van der Waals surface area contributed by atoms with Gasteiger partial charge in [-0.1, -0.05) is 18.2 Å². The Labute approximate surface area is 174 Å². The summed E-state index contributed by atoms with van der Waals surface area (Å²) in [5.41, 5.74) is 0.435. The highest BCUT2D eigenvalue weighted by Gasteiger charge is 2.35. The van der Waals surface area contributed by atoms with Gasteiger partial charge in [0.15, 0.2) is 11.5 Å². The largest absolute Gasteiger partial charge is 0.406 e. The van der Waals surface area contributed by atoms with Crippen LogP contribution in [-0.4, -0.2) is 41.8 Å². The average Bonchev–Trinajstić information content (AvgIpc) is 3.37. The molecule has 3 aromatic heterocycles. The number of hydrogen-bond donors (Lipinski definition) is 0. The lowest BCUT2D eigenvalue weighted by atomic mass is 10.1. The van der Waals surface area contributed by atoms with E-state index >= 15 is 0 Å². The smallest absolute Gasteiger partial charge is 0.286 e.